The summed E-state index contributed by atoms with van der Waals surface area (Å²) in [5, 5.41) is 11.2. The first kappa shape index (κ1) is 12.0. The molecule has 4 heteroatoms. The highest BCUT2D eigenvalue weighted by Gasteiger charge is 2.18. The number of carbonyl (C=O) groups is 1. The minimum Gasteiger partial charge on any atom is -0.356 e. The van der Waals surface area contributed by atoms with Crippen LogP contribution in [0.3, 0.4) is 0 Å². The van der Waals surface area contributed by atoms with Gasteiger partial charge in [0.2, 0.25) is 5.91 Å². The summed E-state index contributed by atoms with van der Waals surface area (Å²) >= 11 is 0. The molecule has 0 aliphatic carbocycles. The van der Waals surface area contributed by atoms with Crippen LogP contribution in [0.1, 0.15) is 25.7 Å². The largest absolute Gasteiger partial charge is 0.356 e. The van der Waals surface area contributed by atoms with Crippen LogP contribution in [-0.4, -0.2) is 37.5 Å². The van der Waals surface area contributed by atoms with Crippen molar-refractivity contribution in [2.45, 2.75) is 25.7 Å². The number of rotatable bonds is 5. The average molecular weight is 209 g/mol. The summed E-state index contributed by atoms with van der Waals surface area (Å²) in [7, 11) is 2.13. The minimum absolute atomic E-state index is 0.00269. The number of hydrogen-bond donors (Lipinski definition) is 1. The van der Waals surface area contributed by atoms with Crippen molar-refractivity contribution in [3.8, 4) is 6.07 Å². The normalized spacial score (nSPS) is 21.2. The quantitative estimate of drug-likeness (QED) is 0.727. The van der Waals surface area contributed by atoms with Gasteiger partial charge in [-0.15, -0.1) is 0 Å². The highest BCUT2D eigenvalue weighted by molar-refractivity contribution is 5.75. The third-order valence-corrected chi connectivity index (χ3v) is 2.83. The van der Waals surface area contributed by atoms with E-state index in [0.717, 1.165) is 25.4 Å². The number of likely N-dealkylation sites (tertiary alicyclic amines) is 1. The Hall–Kier alpha value is -1.08. The summed E-state index contributed by atoms with van der Waals surface area (Å²) in [6.07, 6.45) is 2.95. The monoisotopic (exact) mass is 209 g/mol. The lowest BCUT2D eigenvalue weighted by Gasteiger charge is -2.10. The van der Waals surface area contributed by atoms with Crippen molar-refractivity contribution in [2.75, 3.05) is 26.7 Å². The molecule has 1 rings (SSSR count). The number of nitrogens with one attached hydrogen (secondary N) is 1. The van der Waals surface area contributed by atoms with Crippen LogP contribution in [0.2, 0.25) is 0 Å². The molecule has 0 bridgehead atoms. The van der Waals surface area contributed by atoms with Crippen molar-refractivity contribution >= 4 is 5.91 Å². The average Bonchev–Trinajstić information content (AvgIpc) is 2.61. The van der Waals surface area contributed by atoms with Gasteiger partial charge in [0.25, 0.3) is 0 Å². The standard InChI is InChI=1S/C11H19N3O/c1-14-8-5-10(9-14)4-7-13-11(15)3-2-6-12/h10H,2-5,7-9H2,1H3,(H,13,15). The molecule has 0 aromatic carbocycles. The molecule has 15 heavy (non-hydrogen) atoms. The van der Waals surface area contributed by atoms with Crippen LogP contribution in [0, 0.1) is 17.2 Å². The van der Waals surface area contributed by atoms with Gasteiger partial charge in [-0.25, -0.2) is 0 Å². The van der Waals surface area contributed by atoms with Gasteiger partial charge in [-0.2, -0.15) is 5.26 Å². The van der Waals surface area contributed by atoms with Gasteiger partial charge in [0, 0.05) is 25.9 Å². The van der Waals surface area contributed by atoms with E-state index in [1.165, 1.54) is 13.0 Å². The molecular weight excluding hydrogens is 190 g/mol. The molecule has 0 saturated carbocycles. The second kappa shape index (κ2) is 6.41. The van der Waals surface area contributed by atoms with Gasteiger partial charge in [0.1, 0.15) is 0 Å². The Morgan fingerprint density at radius 3 is 3.07 bits per heavy atom. The first-order valence-electron chi connectivity index (χ1n) is 5.54. The van der Waals surface area contributed by atoms with Crippen LogP contribution in [0.15, 0.2) is 0 Å². The molecule has 1 unspecified atom stereocenters. The van der Waals surface area contributed by atoms with Crippen LogP contribution >= 0.6 is 0 Å². The maximum atomic E-state index is 11.2. The fourth-order valence-corrected chi connectivity index (χ4v) is 1.94. The second-order valence-electron chi connectivity index (χ2n) is 4.21. The van der Waals surface area contributed by atoms with E-state index in [-0.39, 0.29) is 5.91 Å². The second-order valence-corrected chi connectivity index (χ2v) is 4.21. The highest BCUT2D eigenvalue weighted by Crippen LogP contribution is 2.16. The molecule has 0 radical (unpaired) electrons. The molecule has 0 aromatic heterocycles. The summed E-state index contributed by atoms with van der Waals surface area (Å²) in [6, 6.07) is 1.97. The summed E-state index contributed by atoms with van der Waals surface area (Å²) in [6.45, 7) is 3.07. The third kappa shape index (κ3) is 4.80. The number of hydrogen-bond acceptors (Lipinski definition) is 3. The topological polar surface area (TPSA) is 56.1 Å². The van der Waals surface area contributed by atoms with E-state index in [1.807, 2.05) is 6.07 Å². The lowest BCUT2D eigenvalue weighted by atomic mass is 10.1. The number of carbonyl (C=O) groups excluding carboxylic acids is 1. The van der Waals surface area contributed by atoms with E-state index >= 15 is 0 Å². The van der Waals surface area contributed by atoms with Crippen LogP contribution in [0.4, 0.5) is 0 Å². The molecule has 84 valence electrons. The summed E-state index contributed by atoms with van der Waals surface area (Å²) in [4.78, 5) is 13.5. The number of nitriles is 1. The van der Waals surface area contributed by atoms with Crippen LogP contribution in [-0.2, 0) is 4.79 Å². The van der Waals surface area contributed by atoms with Crippen LogP contribution in [0.5, 0.6) is 0 Å². The molecule has 1 amide bonds. The molecule has 1 atom stereocenters. The summed E-state index contributed by atoms with van der Waals surface area (Å²) in [5.41, 5.74) is 0. The van der Waals surface area contributed by atoms with Crippen molar-refractivity contribution in [1.82, 2.24) is 10.2 Å². The zero-order valence-corrected chi connectivity index (χ0v) is 9.33. The van der Waals surface area contributed by atoms with Gasteiger partial charge in [0.15, 0.2) is 0 Å². The molecular formula is C11H19N3O. The Kier molecular flexibility index (Phi) is 5.13. The molecule has 1 N–H and O–H groups in total. The Bertz CT molecular complexity index is 247. The van der Waals surface area contributed by atoms with Gasteiger partial charge in [-0.3, -0.25) is 4.79 Å². The lowest BCUT2D eigenvalue weighted by molar-refractivity contribution is -0.121. The van der Waals surface area contributed by atoms with Gasteiger partial charge in [0.05, 0.1) is 6.07 Å². The first-order chi connectivity index (χ1) is 7.22. The predicted octanol–water partition coefficient (Wildman–Crippen LogP) is 0.748. The Labute approximate surface area is 91.2 Å². The van der Waals surface area contributed by atoms with Crippen molar-refractivity contribution < 1.29 is 4.79 Å². The maximum Gasteiger partial charge on any atom is 0.221 e. The zero-order valence-electron chi connectivity index (χ0n) is 9.33. The van der Waals surface area contributed by atoms with Crippen molar-refractivity contribution in [3.63, 3.8) is 0 Å². The van der Waals surface area contributed by atoms with Crippen molar-refractivity contribution in [2.24, 2.45) is 5.92 Å². The van der Waals surface area contributed by atoms with E-state index in [1.54, 1.807) is 0 Å². The van der Waals surface area contributed by atoms with Gasteiger partial charge in [-0.05, 0) is 32.4 Å². The van der Waals surface area contributed by atoms with Crippen LogP contribution in [0.25, 0.3) is 0 Å². The predicted molar refractivity (Wildman–Crippen MR) is 58.1 cm³/mol. The molecule has 0 aromatic rings. The molecule has 1 aliphatic heterocycles. The molecule has 1 aliphatic rings. The smallest absolute Gasteiger partial charge is 0.221 e. The van der Waals surface area contributed by atoms with E-state index < -0.39 is 0 Å². The van der Waals surface area contributed by atoms with Gasteiger partial charge >= 0.3 is 0 Å². The summed E-state index contributed by atoms with van der Waals surface area (Å²) in [5.74, 6) is 0.731. The maximum absolute atomic E-state index is 11.2. The molecule has 0 spiro atoms. The fourth-order valence-electron chi connectivity index (χ4n) is 1.94. The molecule has 1 heterocycles. The Balaban J connectivity index is 2.01. The van der Waals surface area contributed by atoms with E-state index in [9.17, 15) is 4.79 Å². The molecule has 1 fully saturated rings. The van der Waals surface area contributed by atoms with Crippen molar-refractivity contribution in [3.05, 3.63) is 0 Å². The van der Waals surface area contributed by atoms with Gasteiger partial charge < -0.3 is 10.2 Å². The zero-order chi connectivity index (χ0) is 11.1. The lowest BCUT2D eigenvalue weighted by Crippen LogP contribution is -2.26. The van der Waals surface area contributed by atoms with Crippen molar-refractivity contribution in [1.29, 1.82) is 5.26 Å². The van der Waals surface area contributed by atoms with Crippen LogP contribution < -0.4 is 5.32 Å². The van der Waals surface area contributed by atoms with Gasteiger partial charge in [-0.1, -0.05) is 0 Å². The fraction of sp³-hybridized carbons (Fsp3) is 0.818. The number of amides is 1. The third-order valence-electron chi connectivity index (χ3n) is 2.83. The summed E-state index contributed by atoms with van der Waals surface area (Å²) < 4.78 is 0. The molecule has 1 saturated heterocycles. The van der Waals surface area contributed by atoms with E-state index in [4.69, 9.17) is 5.26 Å². The van der Waals surface area contributed by atoms with E-state index in [2.05, 4.69) is 17.3 Å². The minimum atomic E-state index is 0.00269. The first-order valence-corrected chi connectivity index (χ1v) is 5.54. The Morgan fingerprint density at radius 2 is 2.47 bits per heavy atom. The molecule has 4 nitrogen and oxygen atoms in total. The van der Waals surface area contributed by atoms with E-state index in [0.29, 0.717) is 12.8 Å². The highest BCUT2D eigenvalue weighted by atomic mass is 16.1. The number of nitrogens with zero attached hydrogens (tertiary/aromatic N) is 2. The Morgan fingerprint density at radius 1 is 1.67 bits per heavy atom. The SMILES string of the molecule is CN1CCC(CCNC(=O)CCC#N)C1.